The Hall–Kier alpha value is -3.03. The van der Waals surface area contributed by atoms with Gasteiger partial charge < -0.3 is 19.7 Å². The summed E-state index contributed by atoms with van der Waals surface area (Å²) < 4.78 is 12.5. The van der Waals surface area contributed by atoms with E-state index >= 15 is 0 Å². The van der Waals surface area contributed by atoms with Crippen molar-refractivity contribution in [2.24, 2.45) is 0 Å². The van der Waals surface area contributed by atoms with Crippen molar-refractivity contribution in [3.8, 4) is 11.5 Å². The smallest absolute Gasteiger partial charge is 0.248 e. The van der Waals surface area contributed by atoms with E-state index in [-0.39, 0.29) is 24.6 Å². The number of carbonyl (C=O) groups excluding carboxylic acids is 2. The molecule has 28 heavy (non-hydrogen) atoms. The summed E-state index contributed by atoms with van der Waals surface area (Å²) >= 11 is 0. The van der Waals surface area contributed by atoms with Gasteiger partial charge in [0.2, 0.25) is 18.6 Å². The van der Waals surface area contributed by atoms with Crippen LogP contribution in [-0.4, -0.2) is 39.3 Å². The van der Waals surface area contributed by atoms with E-state index in [9.17, 15) is 9.59 Å². The Morgan fingerprint density at radius 2 is 2.07 bits per heavy atom. The van der Waals surface area contributed by atoms with E-state index in [1.54, 1.807) is 9.58 Å². The molecule has 4 rings (SSSR count). The van der Waals surface area contributed by atoms with Gasteiger partial charge in [-0.05, 0) is 44.9 Å². The number of nitrogens with one attached hydrogen (secondary N) is 1. The molecule has 8 heteroatoms. The summed E-state index contributed by atoms with van der Waals surface area (Å²) in [5.41, 5.74) is 1.74. The molecule has 8 nitrogen and oxygen atoms in total. The molecule has 3 heterocycles. The van der Waals surface area contributed by atoms with Gasteiger partial charge in [-0.1, -0.05) is 6.07 Å². The molecule has 1 aromatic heterocycles. The fraction of sp³-hybridized carbons (Fsp3) is 0.450. The highest BCUT2D eigenvalue weighted by Crippen LogP contribution is 2.33. The third-order valence-electron chi connectivity index (χ3n) is 5.02. The first-order valence-corrected chi connectivity index (χ1v) is 9.47. The number of rotatable bonds is 5. The third kappa shape index (κ3) is 3.42. The predicted molar refractivity (Wildman–Crippen MR) is 102 cm³/mol. The van der Waals surface area contributed by atoms with E-state index in [4.69, 9.17) is 9.47 Å². The van der Waals surface area contributed by atoms with E-state index in [1.165, 1.54) is 0 Å². The standard InChI is InChI=1S/C20H24N4O4/c1-12(2)24-18(8-13(3)22-24)21-20(26)15-5-7-19(25)23(15)10-14-4-6-16-17(9-14)28-11-27-16/h4,6,8-9,12,15H,5,7,10-11H2,1-3H3,(H,21,26). The fourth-order valence-corrected chi connectivity index (χ4v) is 3.65. The average molecular weight is 384 g/mol. The van der Waals surface area contributed by atoms with Crippen molar-refractivity contribution in [2.45, 2.75) is 52.2 Å². The second-order valence-corrected chi connectivity index (χ2v) is 7.46. The first-order chi connectivity index (χ1) is 13.4. The minimum atomic E-state index is -0.506. The number of hydrogen-bond acceptors (Lipinski definition) is 5. The molecular weight excluding hydrogens is 360 g/mol. The Labute approximate surface area is 163 Å². The van der Waals surface area contributed by atoms with Crippen molar-refractivity contribution < 1.29 is 19.1 Å². The number of ether oxygens (including phenoxy) is 2. The number of nitrogens with zero attached hydrogens (tertiary/aromatic N) is 3. The lowest BCUT2D eigenvalue weighted by Crippen LogP contribution is -2.41. The molecule has 1 unspecified atom stereocenters. The summed E-state index contributed by atoms with van der Waals surface area (Å²) in [6.45, 7) is 6.46. The number of hydrogen-bond donors (Lipinski definition) is 1. The van der Waals surface area contributed by atoms with Gasteiger partial charge in [-0.3, -0.25) is 9.59 Å². The van der Waals surface area contributed by atoms with Crippen molar-refractivity contribution in [1.29, 1.82) is 0 Å². The first-order valence-electron chi connectivity index (χ1n) is 9.47. The van der Waals surface area contributed by atoms with Gasteiger partial charge >= 0.3 is 0 Å². The monoisotopic (exact) mass is 384 g/mol. The van der Waals surface area contributed by atoms with Crippen LogP contribution < -0.4 is 14.8 Å². The van der Waals surface area contributed by atoms with E-state index in [1.807, 2.05) is 45.0 Å². The van der Waals surface area contributed by atoms with Crippen LogP contribution in [0.1, 0.15) is 44.0 Å². The molecule has 2 aliphatic heterocycles. The van der Waals surface area contributed by atoms with Gasteiger partial charge in [-0.2, -0.15) is 5.10 Å². The number of aromatic nitrogens is 2. The maximum atomic E-state index is 12.9. The minimum absolute atomic E-state index is 0.0219. The average Bonchev–Trinajstić information content (AvgIpc) is 3.34. The topological polar surface area (TPSA) is 85.7 Å². The summed E-state index contributed by atoms with van der Waals surface area (Å²) in [4.78, 5) is 27.0. The molecular formula is C20H24N4O4. The van der Waals surface area contributed by atoms with E-state index in [0.717, 1.165) is 11.3 Å². The van der Waals surface area contributed by atoms with Gasteiger partial charge in [0.15, 0.2) is 11.5 Å². The van der Waals surface area contributed by atoms with Gasteiger partial charge in [-0.25, -0.2) is 4.68 Å². The Balaban J connectivity index is 1.50. The quantitative estimate of drug-likeness (QED) is 0.857. The molecule has 0 radical (unpaired) electrons. The zero-order chi connectivity index (χ0) is 19.8. The molecule has 2 aromatic rings. The highest BCUT2D eigenvalue weighted by atomic mass is 16.7. The molecule has 1 N–H and O–H groups in total. The summed E-state index contributed by atoms with van der Waals surface area (Å²) in [6.07, 6.45) is 0.870. The maximum absolute atomic E-state index is 12.9. The number of aryl methyl sites for hydroxylation is 1. The highest BCUT2D eigenvalue weighted by molar-refractivity contribution is 5.98. The number of likely N-dealkylation sites (tertiary alicyclic amines) is 1. The van der Waals surface area contributed by atoms with Gasteiger partial charge in [0.25, 0.3) is 0 Å². The molecule has 1 atom stereocenters. The number of anilines is 1. The van der Waals surface area contributed by atoms with Crippen LogP contribution in [-0.2, 0) is 16.1 Å². The van der Waals surface area contributed by atoms with Gasteiger partial charge in [0, 0.05) is 25.1 Å². The molecule has 2 aliphatic rings. The lowest BCUT2D eigenvalue weighted by Gasteiger charge is -2.24. The Kier molecular flexibility index (Phi) is 4.70. The van der Waals surface area contributed by atoms with Crippen LogP contribution >= 0.6 is 0 Å². The molecule has 1 aromatic carbocycles. The normalized spacial score (nSPS) is 18.2. The minimum Gasteiger partial charge on any atom is -0.454 e. The molecule has 0 aliphatic carbocycles. The molecule has 2 amide bonds. The lowest BCUT2D eigenvalue weighted by atomic mass is 10.1. The summed E-state index contributed by atoms with van der Waals surface area (Å²) in [6, 6.07) is 7.05. The molecule has 0 bridgehead atoms. The second-order valence-electron chi connectivity index (χ2n) is 7.46. The Morgan fingerprint density at radius 3 is 2.86 bits per heavy atom. The van der Waals surface area contributed by atoms with E-state index < -0.39 is 6.04 Å². The van der Waals surface area contributed by atoms with Gasteiger partial charge in [-0.15, -0.1) is 0 Å². The zero-order valence-electron chi connectivity index (χ0n) is 16.3. The van der Waals surface area contributed by atoms with Crippen molar-refractivity contribution in [2.75, 3.05) is 12.1 Å². The fourth-order valence-electron chi connectivity index (χ4n) is 3.65. The summed E-state index contributed by atoms with van der Waals surface area (Å²) in [7, 11) is 0. The van der Waals surface area contributed by atoms with Crippen molar-refractivity contribution in [3.05, 3.63) is 35.5 Å². The summed E-state index contributed by atoms with van der Waals surface area (Å²) in [5, 5.41) is 7.38. The van der Waals surface area contributed by atoms with E-state index in [0.29, 0.717) is 36.7 Å². The van der Waals surface area contributed by atoms with Crippen molar-refractivity contribution in [1.82, 2.24) is 14.7 Å². The largest absolute Gasteiger partial charge is 0.454 e. The van der Waals surface area contributed by atoms with Crippen LogP contribution in [0.5, 0.6) is 11.5 Å². The van der Waals surface area contributed by atoms with E-state index in [2.05, 4.69) is 10.4 Å². The number of fused-ring (bicyclic) bond motifs is 1. The molecule has 1 saturated heterocycles. The molecule has 0 saturated carbocycles. The second kappa shape index (κ2) is 7.18. The molecule has 1 fully saturated rings. The number of amides is 2. The van der Waals surface area contributed by atoms with Crippen LogP contribution in [0.3, 0.4) is 0 Å². The molecule has 0 spiro atoms. The van der Waals surface area contributed by atoms with Gasteiger partial charge in [0.1, 0.15) is 11.9 Å². The van der Waals surface area contributed by atoms with Crippen LogP contribution in [0.2, 0.25) is 0 Å². The first kappa shape index (κ1) is 18.3. The summed E-state index contributed by atoms with van der Waals surface area (Å²) in [5.74, 6) is 1.81. The molecule has 148 valence electrons. The zero-order valence-corrected chi connectivity index (χ0v) is 16.3. The SMILES string of the molecule is Cc1cc(NC(=O)C2CCC(=O)N2Cc2ccc3c(c2)OCO3)n(C(C)C)n1. The third-order valence-corrected chi connectivity index (χ3v) is 5.02. The Bertz CT molecular complexity index is 921. The number of carbonyl (C=O) groups is 2. The van der Waals surface area contributed by atoms with Crippen molar-refractivity contribution in [3.63, 3.8) is 0 Å². The van der Waals surface area contributed by atoms with Crippen molar-refractivity contribution >= 4 is 17.6 Å². The Morgan fingerprint density at radius 1 is 1.29 bits per heavy atom. The van der Waals surface area contributed by atoms with Crippen LogP contribution in [0.4, 0.5) is 5.82 Å². The van der Waals surface area contributed by atoms with Crippen LogP contribution in [0.25, 0.3) is 0 Å². The van der Waals surface area contributed by atoms with Crippen LogP contribution in [0, 0.1) is 6.92 Å². The lowest BCUT2D eigenvalue weighted by molar-refractivity contribution is -0.133. The predicted octanol–water partition coefficient (Wildman–Crippen LogP) is 2.63. The maximum Gasteiger partial charge on any atom is 0.248 e. The number of benzene rings is 1. The van der Waals surface area contributed by atoms with Crippen LogP contribution in [0.15, 0.2) is 24.3 Å². The van der Waals surface area contributed by atoms with Gasteiger partial charge in [0.05, 0.1) is 5.69 Å². The highest BCUT2D eigenvalue weighted by Gasteiger charge is 2.36.